The number of ether oxygens (including phenoxy) is 1. The molecule has 1 unspecified atom stereocenters. The van der Waals surface area contributed by atoms with Gasteiger partial charge < -0.3 is 9.84 Å². The monoisotopic (exact) mass is 212 g/mol. The zero-order chi connectivity index (χ0) is 11.6. The van der Waals surface area contributed by atoms with Gasteiger partial charge in [0.2, 0.25) is 0 Å². The Hall–Kier alpha value is -1.32. The lowest BCUT2D eigenvalue weighted by Crippen LogP contribution is -2.25. The van der Waals surface area contributed by atoms with Crippen molar-refractivity contribution in [2.24, 2.45) is 5.41 Å². The molecular formula is C11H16O4. The van der Waals surface area contributed by atoms with Crippen LogP contribution in [-0.4, -0.2) is 23.1 Å². The van der Waals surface area contributed by atoms with Gasteiger partial charge in [-0.25, -0.2) is 4.79 Å². The normalized spacial score (nSPS) is 21.1. The third-order valence-corrected chi connectivity index (χ3v) is 2.90. The van der Waals surface area contributed by atoms with Crippen LogP contribution in [-0.2, 0) is 14.3 Å². The average Bonchev–Trinajstić information content (AvgIpc) is 2.46. The minimum atomic E-state index is -0.951. The summed E-state index contributed by atoms with van der Waals surface area (Å²) in [6.45, 7) is 5.97. The van der Waals surface area contributed by atoms with E-state index in [-0.39, 0.29) is 11.8 Å². The Bertz CT molecular complexity index is 315. The summed E-state index contributed by atoms with van der Waals surface area (Å²) in [5, 5.41) is 8.70. The first-order valence-corrected chi connectivity index (χ1v) is 5.01. The standard InChI is InChI=1S/C11H16O4/c1-4-11(2,3)7-5-10(14)15-8(7)6-9(12)13/h5,8H,4,6H2,1-3H3,(H,12,13). The Labute approximate surface area is 88.9 Å². The number of carboxylic acid groups (broad SMARTS) is 1. The summed E-state index contributed by atoms with van der Waals surface area (Å²) >= 11 is 0. The third-order valence-electron chi connectivity index (χ3n) is 2.90. The van der Waals surface area contributed by atoms with Crippen molar-refractivity contribution in [3.05, 3.63) is 11.6 Å². The van der Waals surface area contributed by atoms with Gasteiger partial charge in [-0.3, -0.25) is 4.79 Å². The molecule has 0 aromatic heterocycles. The Morgan fingerprint density at radius 1 is 1.60 bits per heavy atom. The first kappa shape index (κ1) is 11.8. The molecule has 1 heterocycles. The molecule has 0 aromatic carbocycles. The Morgan fingerprint density at radius 2 is 2.20 bits per heavy atom. The van der Waals surface area contributed by atoms with Crippen LogP contribution in [0.5, 0.6) is 0 Å². The second kappa shape index (κ2) is 4.04. The predicted octanol–water partition coefficient (Wildman–Crippen LogP) is 1.75. The zero-order valence-electron chi connectivity index (χ0n) is 9.24. The lowest BCUT2D eigenvalue weighted by Gasteiger charge is -2.27. The van der Waals surface area contributed by atoms with Crippen LogP contribution in [0, 0.1) is 5.41 Å². The highest BCUT2D eigenvalue weighted by Gasteiger charge is 2.36. The van der Waals surface area contributed by atoms with Gasteiger partial charge in [0.25, 0.3) is 0 Å². The van der Waals surface area contributed by atoms with Crippen molar-refractivity contribution < 1.29 is 19.4 Å². The molecule has 0 aromatic rings. The highest BCUT2D eigenvalue weighted by atomic mass is 16.5. The van der Waals surface area contributed by atoms with Gasteiger partial charge >= 0.3 is 11.9 Å². The van der Waals surface area contributed by atoms with E-state index in [9.17, 15) is 9.59 Å². The van der Waals surface area contributed by atoms with Crippen molar-refractivity contribution in [3.8, 4) is 0 Å². The van der Waals surface area contributed by atoms with Crippen LogP contribution in [0.3, 0.4) is 0 Å². The van der Waals surface area contributed by atoms with Gasteiger partial charge in [0.05, 0.1) is 6.42 Å². The van der Waals surface area contributed by atoms with E-state index in [1.54, 1.807) is 0 Å². The molecule has 1 atom stereocenters. The molecule has 0 radical (unpaired) electrons. The molecule has 0 fully saturated rings. The van der Waals surface area contributed by atoms with Crippen molar-refractivity contribution >= 4 is 11.9 Å². The van der Waals surface area contributed by atoms with E-state index >= 15 is 0 Å². The first-order valence-electron chi connectivity index (χ1n) is 5.01. The van der Waals surface area contributed by atoms with Crippen molar-refractivity contribution in [3.63, 3.8) is 0 Å². The van der Waals surface area contributed by atoms with Gasteiger partial charge in [0, 0.05) is 6.08 Å². The van der Waals surface area contributed by atoms with Crippen LogP contribution in [0.25, 0.3) is 0 Å². The highest BCUT2D eigenvalue weighted by molar-refractivity contribution is 5.87. The van der Waals surface area contributed by atoms with Gasteiger partial charge in [-0.1, -0.05) is 20.8 Å². The Balaban J connectivity index is 2.88. The summed E-state index contributed by atoms with van der Waals surface area (Å²) in [6.07, 6.45) is 1.52. The van der Waals surface area contributed by atoms with Crippen molar-refractivity contribution in [1.82, 2.24) is 0 Å². The number of carbonyl (C=O) groups excluding carboxylic acids is 1. The summed E-state index contributed by atoms with van der Waals surface area (Å²) in [5.74, 6) is -1.38. The molecule has 0 saturated carbocycles. The number of hydrogen-bond donors (Lipinski definition) is 1. The van der Waals surface area contributed by atoms with Crippen molar-refractivity contribution in [2.45, 2.75) is 39.7 Å². The van der Waals surface area contributed by atoms with Gasteiger partial charge in [0.15, 0.2) is 0 Å². The number of cyclic esters (lactones) is 1. The summed E-state index contributed by atoms with van der Waals surface area (Å²) < 4.78 is 4.96. The fourth-order valence-electron chi connectivity index (χ4n) is 1.60. The number of hydrogen-bond acceptors (Lipinski definition) is 3. The summed E-state index contributed by atoms with van der Waals surface area (Å²) in [6, 6.07) is 0. The molecule has 0 bridgehead atoms. The van der Waals surface area contributed by atoms with Crippen LogP contribution in [0.1, 0.15) is 33.6 Å². The highest BCUT2D eigenvalue weighted by Crippen LogP contribution is 2.37. The average molecular weight is 212 g/mol. The lowest BCUT2D eigenvalue weighted by molar-refractivity contribution is -0.144. The lowest BCUT2D eigenvalue weighted by atomic mass is 9.78. The second-order valence-electron chi connectivity index (χ2n) is 4.36. The molecule has 0 amide bonds. The number of aliphatic carboxylic acids is 1. The number of carbonyl (C=O) groups is 2. The Morgan fingerprint density at radius 3 is 2.67 bits per heavy atom. The van der Waals surface area contributed by atoms with Crippen LogP contribution in [0.15, 0.2) is 11.6 Å². The molecule has 4 heteroatoms. The first-order chi connectivity index (χ1) is 6.86. The van der Waals surface area contributed by atoms with E-state index in [4.69, 9.17) is 9.84 Å². The van der Waals surface area contributed by atoms with Crippen LogP contribution < -0.4 is 0 Å². The molecule has 1 aliphatic rings. The topological polar surface area (TPSA) is 63.6 Å². The van der Waals surface area contributed by atoms with Crippen molar-refractivity contribution in [1.29, 1.82) is 0 Å². The molecule has 1 N–H and O–H groups in total. The molecule has 0 aliphatic carbocycles. The SMILES string of the molecule is CCC(C)(C)C1=CC(=O)OC1CC(=O)O. The van der Waals surface area contributed by atoms with Gasteiger partial charge in [-0.15, -0.1) is 0 Å². The van der Waals surface area contributed by atoms with E-state index < -0.39 is 18.0 Å². The predicted molar refractivity (Wildman–Crippen MR) is 54.3 cm³/mol. The van der Waals surface area contributed by atoms with Crippen LogP contribution >= 0.6 is 0 Å². The van der Waals surface area contributed by atoms with Crippen LogP contribution in [0.2, 0.25) is 0 Å². The number of esters is 1. The molecule has 0 saturated heterocycles. The molecule has 4 nitrogen and oxygen atoms in total. The van der Waals surface area contributed by atoms with E-state index in [0.29, 0.717) is 0 Å². The van der Waals surface area contributed by atoms with Gasteiger partial charge in [-0.05, 0) is 17.4 Å². The van der Waals surface area contributed by atoms with E-state index in [2.05, 4.69) is 0 Å². The van der Waals surface area contributed by atoms with Crippen molar-refractivity contribution in [2.75, 3.05) is 0 Å². The molecular weight excluding hydrogens is 196 g/mol. The maximum Gasteiger partial charge on any atom is 0.331 e. The second-order valence-corrected chi connectivity index (χ2v) is 4.36. The molecule has 84 valence electrons. The van der Waals surface area contributed by atoms with E-state index in [1.165, 1.54) is 6.08 Å². The molecule has 1 rings (SSSR count). The fraction of sp³-hybridized carbons (Fsp3) is 0.636. The summed E-state index contributed by atoms with van der Waals surface area (Å²) in [4.78, 5) is 21.7. The quantitative estimate of drug-likeness (QED) is 0.721. The number of rotatable bonds is 4. The smallest absolute Gasteiger partial charge is 0.331 e. The summed E-state index contributed by atoms with van der Waals surface area (Å²) in [7, 11) is 0. The minimum absolute atomic E-state index is 0.152. The van der Waals surface area contributed by atoms with Crippen LogP contribution in [0.4, 0.5) is 0 Å². The minimum Gasteiger partial charge on any atom is -0.481 e. The zero-order valence-corrected chi connectivity index (χ0v) is 9.24. The molecule has 1 aliphatic heterocycles. The largest absolute Gasteiger partial charge is 0.481 e. The maximum atomic E-state index is 11.1. The third kappa shape index (κ3) is 2.58. The molecule has 15 heavy (non-hydrogen) atoms. The van der Waals surface area contributed by atoms with Gasteiger partial charge in [-0.2, -0.15) is 0 Å². The van der Waals surface area contributed by atoms with E-state index in [0.717, 1.165) is 12.0 Å². The summed E-state index contributed by atoms with van der Waals surface area (Å²) in [5.41, 5.74) is 0.601. The van der Waals surface area contributed by atoms with Gasteiger partial charge in [0.1, 0.15) is 6.10 Å². The van der Waals surface area contributed by atoms with E-state index in [1.807, 2.05) is 20.8 Å². The molecule has 0 spiro atoms. The Kier molecular flexibility index (Phi) is 3.17. The number of carboxylic acids is 1. The maximum absolute atomic E-state index is 11.1. The fourth-order valence-corrected chi connectivity index (χ4v) is 1.60.